The smallest absolute Gasteiger partial charge is 0.241 e. The Balaban J connectivity index is 1.35. The number of hydrogen-bond acceptors (Lipinski definition) is 7. The molecule has 32 heavy (non-hydrogen) atoms. The zero-order valence-corrected chi connectivity index (χ0v) is 19.4. The minimum absolute atomic E-state index is 0.0454. The van der Waals surface area contributed by atoms with E-state index in [-0.39, 0.29) is 11.9 Å². The van der Waals surface area contributed by atoms with Gasteiger partial charge < -0.3 is 10.2 Å². The number of anilines is 3. The van der Waals surface area contributed by atoms with Crippen molar-refractivity contribution in [2.24, 2.45) is 0 Å². The Morgan fingerprint density at radius 1 is 1.19 bits per heavy atom. The van der Waals surface area contributed by atoms with Crippen LogP contribution in [0.3, 0.4) is 0 Å². The fourth-order valence-corrected chi connectivity index (χ4v) is 5.33. The third kappa shape index (κ3) is 4.38. The molecule has 4 heterocycles. The number of likely N-dealkylation sites (tertiary alicyclic amines) is 1. The molecular weight excluding hydrogens is 420 g/mol. The molecular formula is C24H28N6OS. The normalized spacial score (nSPS) is 18.6. The van der Waals surface area contributed by atoms with Gasteiger partial charge in [-0.05, 0) is 51.3 Å². The minimum atomic E-state index is 0.0454. The number of thiazole rings is 1. The highest BCUT2D eigenvalue weighted by Gasteiger charge is 2.31. The van der Waals surface area contributed by atoms with Gasteiger partial charge >= 0.3 is 0 Å². The Labute approximate surface area is 192 Å². The molecule has 166 valence electrons. The lowest BCUT2D eigenvalue weighted by atomic mass is 10.0. The molecule has 0 bridgehead atoms. The quantitative estimate of drug-likeness (QED) is 0.623. The van der Waals surface area contributed by atoms with E-state index >= 15 is 0 Å². The molecule has 0 aliphatic carbocycles. The number of para-hydroxylation sites is 1. The average Bonchev–Trinajstić information content (AvgIpc) is 3.39. The molecule has 3 aromatic rings. The molecule has 0 saturated carbocycles. The summed E-state index contributed by atoms with van der Waals surface area (Å²) in [6.07, 6.45) is 5.96. The van der Waals surface area contributed by atoms with Crippen LogP contribution in [0.15, 0.2) is 36.5 Å². The second-order valence-electron chi connectivity index (χ2n) is 8.56. The van der Waals surface area contributed by atoms with Gasteiger partial charge in [-0.2, -0.15) is 0 Å². The second kappa shape index (κ2) is 8.96. The zero-order chi connectivity index (χ0) is 22.1. The standard InChI is InChI=1S/C24H28N6OS/c1-16-13-21(28-24-25-14-17(2)32-24)27-23(26-16)20-9-5-6-11-29(20)15-22(31)30-12-10-18-7-3-4-8-19(18)30/h3-4,7-8,13-14,20H,5-6,9-12,15H2,1-2H3,(H,25,26,27,28). The number of nitrogens with zero attached hydrogens (tertiary/aromatic N) is 5. The first-order valence-corrected chi connectivity index (χ1v) is 12.1. The predicted molar refractivity (Wildman–Crippen MR) is 128 cm³/mol. The molecule has 2 aliphatic heterocycles. The summed E-state index contributed by atoms with van der Waals surface area (Å²) in [5, 5.41) is 4.15. The SMILES string of the molecule is Cc1cc(Nc2ncc(C)s2)nc(C2CCCCN2CC(=O)N2CCc3ccccc32)n1. The molecule has 7 nitrogen and oxygen atoms in total. The highest BCUT2D eigenvalue weighted by molar-refractivity contribution is 7.15. The van der Waals surface area contributed by atoms with Crippen LogP contribution in [0.25, 0.3) is 0 Å². The molecule has 1 saturated heterocycles. The van der Waals surface area contributed by atoms with Crippen molar-refractivity contribution in [3.8, 4) is 0 Å². The van der Waals surface area contributed by atoms with Gasteiger partial charge in [0.1, 0.15) is 11.6 Å². The van der Waals surface area contributed by atoms with Crippen LogP contribution >= 0.6 is 11.3 Å². The number of carbonyl (C=O) groups is 1. The summed E-state index contributed by atoms with van der Waals surface area (Å²) < 4.78 is 0. The van der Waals surface area contributed by atoms with Gasteiger partial charge in [-0.15, -0.1) is 11.3 Å². The van der Waals surface area contributed by atoms with Gasteiger partial charge in [0.05, 0.1) is 12.6 Å². The van der Waals surface area contributed by atoms with Gasteiger partial charge in [0.2, 0.25) is 5.91 Å². The number of benzene rings is 1. The van der Waals surface area contributed by atoms with Crippen molar-refractivity contribution in [1.29, 1.82) is 0 Å². The van der Waals surface area contributed by atoms with E-state index in [0.717, 1.165) is 71.8 Å². The van der Waals surface area contributed by atoms with E-state index < -0.39 is 0 Å². The number of hydrogen-bond donors (Lipinski definition) is 1. The van der Waals surface area contributed by atoms with E-state index in [4.69, 9.17) is 9.97 Å². The van der Waals surface area contributed by atoms with E-state index in [1.165, 1.54) is 5.56 Å². The van der Waals surface area contributed by atoms with Crippen LogP contribution in [0.2, 0.25) is 0 Å². The number of amides is 1. The van der Waals surface area contributed by atoms with E-state index in [2.05, 4.69) is 27.3 Å². The van der Waals surface area contributed by atoms with Gasteiger partial charge in [-0.1, -0.05) is 24.6 Å². The van der Waals surface area contributed by atoms with Gasteiger partial charge in [-0.3, -0.25) is 9.69 Å². The first-order valence-electron chi connectivity index (χ1n) is 11.2. The van der Waals surface area contributed by atoms with Gasteiger partial charge in [0, 0.05) is 35.1 Å². The second-order valence-corrected chi connectivity index (χ2v) is 9.79. The highest BCUT2D eigenvalue weighted by Crippen LogP contribution is 2.32. The number of aryl methyl sites for hydroxylation is 2. The van der Waals surface area contributed by atoms with E-state index in [1.807, 2.05) is 43.1 Å². The minimum Gasteiger partial charge on any atom is -0.316 e. The zero-order valence-electron chi connectivity index (χ0n) is 18.5. The lowest BCUT2D eigenvalue weighted by molar-refractivity contribution is -0.120. The van der Waals surface area contributed by atoms with Gasteiger partial charge in [0.15, 0.2) is 5.13 Å². The molecule has 1 fully saturated rings. The largest absolute Gasteiger partial charge is 0.316 e. The van der Waals surface area contributed by atoms with Crippen LogP contribution in [-0.2, 0) is 11.2 Å². The number of rotatable bonds is 5. The maximum absolute atomic E-state index is 13.3. The average molecular weight is 449 g/mol. The van der Waals surface area contributed by atoms with E-state index in [1.54, 1.807) is 11.3 Å². The van der Waals surface area contributed by atoms with Crippen LogP contribution in [0.4, 0.5) is 16.6 Å². The molecule has 2 aromatic heterocycles. The van der Waals surface area contributed by atoms with E-state index in [9.17, 15) is 4.79 Å². The summed E-state index contributed by atoms with van der Waals surface area (Å²) in [6, 6.07) is 10.2. The third-order valence-electron chi connectivity index (χ3n) is 6.17. The Morgan fingerprint density at radius 3 is 2.91 bits per heavy atom. The molecule has 8 heteroatoms. The Kier molecular flexibility index (Phi) is 5.89. The van der Waals surface area contributed by atoms with Crippen molar-refractivity contribution >= 4 is 33.9 Å². The summed E-state index contributed by atoms with van der Waals surface area (Å²) in [4.78, 5) is 32.6. The third-order valence-corrected chi connectivity index (χ3v) is 6.99. The summed E-state index contributed by atoms with van der Waals surface area (Å²) in [6.45, 7) is 6.07. The van der Waals surface area contributed by atoms with Crippen molar-refractivity contribution in [2.45, 2.75) is 45.6 Å². The van der Waals surface area contributed by atoms with Gasteiger partial charge in [-0.25, -0.2) is 15.0 Å². The summed E-state index contributed by atoms with van der Waals surface area (Å²) in [7, 11) is 0. The molecule has 1 unspecified atom stereocenters. The molecule has 1 N–H and O–H groups in total. The van der Waals surface area contributed by atoms with Crippen molar-refractivity contribution in [3.63, 3.8) is 0 Å². The van der Waals surface area contributed by atoms with Crippen molar-refractivity contribution in [2.75, 3.05) is 29.9 Å². The summed E-state index contributed by atoms with van der Waals surface area (Å²) in [5.41, 5.74) is 3.23. The van der Waals surface area contributed by atoms with Crippen LogP contribution in [0, 0.1) is 13.8 Å². The molecule has 1 amide bonds. The summed E-state index contributed by atoms with van der Waals surface area (Å²) >= 11 is 1.60. The lowest BCUT2D eigenvalue weighted by Gasteiger charge is -2.35. The van der Waals surface area contributed by atoms with Crippen LogP contribution in [0.1, 0.15) is 47.3 Å². The van der Waals surface area contributed by atoms with Crippen LogP contribution in [-0.4, -0.2) is 45.4 Å². The Morgan fingerprint density at radius 2 is 2.06 bits per heavy atom. The molecule has 1 atom stereocenters. The monoisotopic (exact) mass is 448 g/mol. The first kappa shape index (κ1) is 21.0. The Hall–Kier alpha value is -2.84. The Bertz CT molecular complexity index is 1130. The number of nitrogens with one attached hydrogen (secondary N) is 1. The molecule has 0 spiro atoms. The first-order chi connectivity index (χ1) is 15.6. The van der Waals surface area contributed by atoms with Gasteiger partial charge in [0.25, 0.3) is 0 Å². The van der Waals surface area contributed by atoms with Crippen molar-refractivity contribution < 1.29 is 4.79 Å². The predicted octanol–water partition coefficient (Wildman–Crippen LogP) is 4.41. The van der Waals surface area contributed by atoms with E-state index in [0.29, 0.717) is 6.54 Å². The summed E-state index contributed by atoms with van der Waals surface area (Å²) in [5.74, 6) is 1.70. The molecule has 5 rings (SSSR count). The van der Waals surface area contributed by atoms with Crippen molar-refractivity contribution in [3.05, 3.63) is 58.5 Å². The fourth-order valence-electron chi connectivity index (χ4n) is 4.66. The maximum Gasteiger partial charge on any atom is 0.241 e. The number of piperidine rings is 1. The van der Waals surface area contributed by atoms with Crippen LogP contribution < -0.4 is 10.2 Å². The topological polar surface area (TPSA) is 74.2 Å². The number of aromatic nitrogens is 3. The highest BCUT2D eigenvalue weighted by atomic mass is 32.1. The molecule has 2 aliphatic rings. The molecule has 0 radical (unpaired) electrons. The fraction of sp³-hybridized carbons (Fsp3) is 0.417. The number of carbonyl (C=O) groups excluding carboxylic acids is 1. The maximum atomic E-state index is 13.3. The van der Waals surface area contributed by atoms with Crippen molar-refractivity contribution in [1.82, 2.24) is 19.9 Å². The lowest BCUT2D eigenvalue weighted by Crippen LogP contribution is -2.43. The molecule has 1 aromatic carbocycles. The van der Waals surface area contributed by atoms with Crippen LogP contribution in [0.5, 0.6) is 0 Å². The number of fused-ring (bicyclic) bond motifs is 1.